The molecule has 0 saturated carbocycles. The summed E-state index contributed by atoms with van der Waals surface area (Å²) in [5.41, 5.74) is 7.85. The van der Waals surface area contributed by atoms with Crippen molar-refractivity contribution in [1.29, 1.82) is 0 Å². The summed E-state index contributed by atoms with van der Waals surface area (Å²) in [4.78, 5) is 0. The maximum atomic E-state index is 5.69. The molecular weight excluding hydrogens is 202 g/mol. The van der Waals surface area contributed by atoms with Gasteiger partial charge in [-0.05, 0) is 18.1 Å². The normalized spacial score (nSPS) is 11.0. The Morgan fingerprint density at radius 3 is 2.81 bits per heavy atom. The average molecular weight is 217 g/mol. The zero-order chi connectivity index (χ0) is 11.5. The van der Waals surface area contributed by atoms with Crippen LogP contribution in [0.3, 0.4) is 0 Å². The van der Waals surface area contributed by atoms with Gasteiger partial charge >= 0.3 is 0 Å². The van der Waals surface area contributed by atoms with Crippen molar-refractivity contribution in [1.82, 2.24) is 20.0 Å². The second-order valence-corrected chi connectivity index (χ2v) is 3.91. The topological polar surface area (TPSA) is 69.6 Å². The molecule has 0 saturated heterocycles. The molecule has 0 spiro atoms. The molecule has 0 aromatic carbocycles. The summed E-state index contributed by atoms with van der Waals surface area (Å²) in [5.74, 6) is 1.08. The largest absolute Gasteiger partial charge is 0.326 e. The van der Waals surface area contributed by atoms with Crippen LogP contribution >= 0.6 is 0 Å². The van der Waals surface area contributed by atoms with Crippen molar-refractivity contribution in [3.63, 3.8) is 0 Å². The molecule has 2 rings (SSSR count). The van der Waals surface area contributed by atoms with E-state index in [1.165, 1.54) is 0 Å². The first-order valence-electron chi connectivity index (χ1n) is 5.29. The van der Waals surface area contributed by atoms with Crippen LogP contribution < -0.4 is 5.73 Å². The summed E-state index contributed by atoms with van der Waals surface area (Å²) >= 11 is 0. The Balaban J connectivity index is 2.53. The van der Waals surface area contributed by atoms with Crippen molar-refractivity contribution in [2.45, 2.75) is 26.3 Å². The van der Waals surface area contributed by atoms with Crippen LogP contribution in [0.25, 0.3) is 5.82 Å². The van der Waals surface area contributed by atoms with E-state index in [0.717, 1.165) is 17.1 Å². The quantitative estimate of drug-likeness (QED) is 0.839. The SMILES string of the molecule is CC(C)c1c(CN)cnn1-c1cccnn1. The van der Waals surface area contributed by atoms with Gasteiger partial charge in [-0.1, -0.05) is 13.8 Å². The molecule has 0 aliphatic carbocycles. The van der Waals surface area contributed by atoms with Crippen LogP contribution in [0, 0.1) is 0 Å². The molecule has 2 aromatic heterocycles. The standard InChI is InChI=1S/C11H15N5/c1-8(2)11-9(6-12)7-14-16(11)10-4-3-5-13-15-10/h3-5,7-8H,6,12H2,1-2H3. The fourth-order valence-electron chi connectivity index (χ4n) is 1.75. The van der Waals surface area contributed by atoms with E-state index in [2.05, 4.69) is 29.1 Å². The summed E-state index contributed by atoms with van der Waals surface area (Å²) in [6, 6.07) is 3.72. The van der Waals surface area contributed by atoms with Crippen molar-refractivity contribution >= 4 is 0 Å². The van der Waals surface area contributed by atoms with E-state index in [-0.39, 0.29) is 0 Å². The fourth-order valence-corrected chi connectivity index (χ4v) is 1.75. The fraction of sp³-hybridized carbons (Fsp3) is 0.364. The van der Waals surface area contributed by atoms with E-state index >= 15 is 0 Å². The van der Waals surface area contributed by atoms with Crippen molar-refractivity contribution in [3.8, 4) is 5.82 Å². The van der Waals surface area contributed by atoms with Crippen LogP contribution in [0.4, 0.5) is 0 Å². The molecule has 84 valence electrons. The molecule has 0 atom stereocenters. The number of aromatic nitrogens is 4. The summed E-state index contributed by atoms with van der Waals surface area (Å²) in [5, 5.41) is 12.2. The molecule has 0 aliphatic heterocycles. The highest BCUT2D eigenvalue weighted by Crippen LogP contribution is 2.21. The first-order chi connectivity index (χ1) is 7.74. The predicted octanol–water partition coefficient (Wildman–Crippen LogP) is 1.24. The summed E-state index contributed by atoms with van der Waals surface area (Å²) in [7, 11) is 0. The Bertz CT molecular complexity index is 460. The van der Waals surface area contributed by atoms with E-state index < -0.39 is 0 Å². The third kappa shape index (κ3) is 1.81. The lowest BCUT2D eigenvalue weighted by atomic mass is 10.1. The zero-order valence-electron chi connectivity index (χ0n) is 9.46. The van der Waals surface area contributed by atoms with Crippen LogP contribution in [0.1, 0.15) is 31.0 Å². The molecule has 2 heterocycles. The van der Waals surface area contributed by atoms with Gasteiger partial charge in [0.25, 0.3) is 0 Å². The van der Waals surface area contributed by atoms with Crippen molar-refractivity contribution in [3.05, 3.63) is 35.8 Å². The predicted molar refractivity (Wildman–Crippen MR) is 61.1 cm³/mol. The van der Waals surface area contributed by atoms with E-state index in [1.807, 2.05) is 12.1 Å². The lowest BCUT2D eigenvalue weighted by Gasteiger charge is -2.10. The summed E-state index contributed by atoms with van der Waals surface area (Å²) in [6.07, 6.45) is 3.44. The highest BCUT2D eigenvalue weighted by atomic mass is 15.3. The molecule has 0 aliphatic rings. The second-order valence-electron chi connectivity index (χ2n) is 3.91. The molecule has 0 fully saturated rings. The highest BCUT2D eigenvalue weighted by molar-refractivity contribution is 5.29. The molecule has 5 heteroatoms. The van der Waals surface area contributed by atoms with E-state index in [1.54, 1.807) is 17.1 Å². The Kier molecular flexibility index (Phi) is 2.96. The Labute approximate surface area is 94.3 Å². The van der Waals surface area contributed by atoms with Crippen LogP contribution in [-0.4, -0.2) is 20.0 Å². The molecule has 0 unspecified atom stereocenters. The number of hydrogen-bond acceptors (Lipinski definition) is 4. The molecule has 5 nitrogen and oxygen atoms in total. The molecular formula is C11H15N5. The smallest absolute Gasteiger partial charge is 0.175 e. The minimum atomic E-state index is 0.350. The first-order valence-corrected chi connectivity index (χ1v) is 5.29. The third-order valence-corrected chi connectivity index (χ3v) is 2.43. The van der Waals surface area contributed by atoms with Gasteiger partial charge in [-0.3, -0.25) is 0 Å². The monoisotopic (exact) mass is 217 g/mol. The number of hydrogen-bond donors (Lipinski definition) is 1. The molecule has 0 amide bonds. The van der Waals surface area contributed by atoms with E-state index in [4.69, 9.17) is 5.73 Å². The van der Waals surface area contributed by atoms with Crippen LogP contribution in [0.15, 0.2) is 24.5 Å². The van der Waals surface area contributed by atoms with E-state index in [9.17, 15) is 0 Å². The van der Waals surface area contributed by atoms with Crippen LogP contribution in [-0.2, 0) is 6.54 Å². The van der Waals surface area contributed by atoms with Gasteiger partial charge in [-0.2, -0.15) is 10.2 Å². The van der Waals surface area contributed by atoms with Gasteiger partial charge < -0.3 is 5.73 Å². The van der Waals surface area contributed by atoms with Gasteiger partial charge in [-0.25, -0.2) is 4.68 Å². The summed E-state index contributed by atoms with van der Waals surface area (Å²) in [6.45, 7) is 4.72. The van der Waals surface area contributed by atoms with Gasteiger partial charge in [0.05, 0.1) is 11.9 Å². The Morgan fingerprint density at radius 2 is 2.25 bits per heavy atom. The van der Waals surface area contributed by atoms with Crippen molar-refractivity contribution in [2.24, 2.45) is 5.73 Å². The first kappa shape index (κ1) is 10.8. The lowest BCUT2D eigenvalue weighted by Crippen LogP contribution is -2.09. The third-order valence-electron chi connectivity index (χ3n) is 2.43. The minimum absolute atomic E-state index is 0.350. The van der Waals surface area contributed by atoms with Crippen molar-refractivity contribution < 1.29 is 0 Å². The highest BCUT2D eigenvalue weighted by Gasteiger charge is 2.14. The second kappa shape index (κ2) is 4.40. The van der Waals surface area contributed by atoms with Gasteiger partial charge in [-0.15, -0.1) is 5.10 Å². The molecule has 2 N–H and O–H groups in total. The number of nitrogens with two attached hydrogens (primary N) is 1. The van der Waals surface area contributed by atoms with Gasteiger partial charge in [0.15, 0.2) is 5.82 Å². The van der Waals surface area contributed by atoms with Crippen LogP contribution in [0.2, 0.25) is 0 Å². The van der Waals surface area contributed by atoms with Crippen molar-refractivity contribution in [2.75, 3.05) is 0 Å². The zero-order valence-corrected chi connectivity index (χ0v) is 9.46. The molecule has 2 aromatic rings. The molecule has 0 radical (unpaired) electrons. The number of rotatable bonds is 3. The maximum Gasteiger partial charge on any atom is 0.175 e. The van der Waals surface area contributed by atoms with Gasteiger partial charge in [0.1, 0.15) is 0 Å². The number of nitrogens with zero attached hydrogens (tertiary/aromatic N) is 4. The average Bonchev–Trinajstić information content (AvgIpc) is 2.73. The minimum Gasteiger partial charge on any atom is -0.326 e. The summed E-state index contributed by atoms with van der Waals surface area (Å²) < 4.78 is 1.81. The van der Waals surface area contributed by atoms with Crippen LogP contribution in [0.5, 0.6) is 0 Å². The van der Waals surface area contributed by atoms with E-state index in [0.29, 0.717) is 12.5 Å². The Hall–Kier alpha value is -1.75. The Morgan fingerprint density at radius 1 is 1.44 bits per heavy atom. The molecule has 16 heavy (non-hydrogen) atoms. The van der Waals surface area contributed by atoms with Gasteiger partial charge in [0, 0.05) is 18.3 Å². The lowest BCUT2D eigenvalue weighted by molar-refractivity contribution is 0.704. The molecule has 0 bridgehead atoms. The maximum absolute atomic E-state index is 5.69. The van der Waals surface area contributed by atoms with Gasteiger partial charge in [0.2, 0.25) is 0 Å².